The van der Waals surface area contributed by atoms with Crippen molar-refractivity contribution < 1.29 is 22.2 Å². The van der Waals surface area contributed by atoms with E-state index in [0.29, 0.717) is 6.04 Å². The largest absolute Gasteiger partial charge is 2.00 e. The number of benzene rings is 2. The molecule has 2 nitrogen and oxygen atoms in total. The van der Waals surface area contributed by atoms with E-state index in [1.54, 1.807) is 0 Å². The van der Waals surface area contributed by atoms with Crippen LogP contribution in [0.1, 0.15) is 24.0 Å². The van der Waals surface area contributed by atoms with E-state index >= 15 is 0 Å². The van der Waals surface area contributed by atoms with Crippen LogP contribution < -0.4 is 5.32 Å². The summed E-state index contributed by atoms with van der Waals surface area (Å²) in [4.78, 5) is 0. The first-order valence-electron chi connectivity index (χ1n) is 10.3. The number of aliphatic hydroxyl groups is 1. The van der Waals surface area contributed by atoms with E-state index in [4.69, 9.17) is 0 Å². The van der Waals surface area contributed by atoms with E-state index < -0.39 is 5.60 Å². The quantitative estimate of drug-likeness (QED) is 0.692. The molecular weight excluding hydrogens is 410 g/mol. The zero-order chi connectivity index (χ0) is 19.9. The zero-order valence-electron chi connectivity index (χ0n) is 16.9. The normalized spacial score (nSPS) is 22.4. The van der Waals surface area contributed by atoms with Gasteiger partial charge in [0.25, 0.3) is 0 Å². The van der Waals surface area contributed by atoms with E-state index in [9.17, 15) is 5.11 Å². The summed E-state index contributed by atoms with van der Waals surface area (Å²) in [5.74, 6) is 2.20. The molecule has 1 aliphatic heterocycles. The van der Waals surface area contributed by atoms with Gasteiger partial charge >= 0.3 is 17.1 Å². The van der Waals surface area contributed by atoms with Gasteiger partial charge in [-0.1, -0.05) is 60.7 Å². The molecule has 2 aromatic carbocycles. The van der Waals surface area contributed by atoms with Gasteiger partial charge in [0.15, 0.2) is 0 Å². The number of nitrogens with one attached hydrogen (secondary N) is 1. The van der Waals surface area contributed by atoms with Crippen molar-refractivity contribution >= 4 is 0 Å². The summed E-state index contributed by atoms with van der Waals surface area (Å²) in [5.41, 5.74) is 0.675. The third-order valence-corrected chi connectivity index (χ3v) is 5.61. The Morgan fingerprint density at radius 3 is 1.73 bits per heavy atom. The van der Waals surface area contributed by atoms with Crippen LogP contribution in [0.4, 0.5) is 0 Å². The Morgan fingerprint density at radius 1 is 0.733 bits per heavy atom. The molecule has 0 spiro atoms. The van der Waals surface area contributed by atoms with Crippen LogP contribution in [0.15, 0.2) is 60.7 Å². The van der Waals surface area contributed by atoms with Gasteiger partial charge < -0.3 is 10.4 Å². The Morgan fingerprint density at radius 2 is 1.27 bits per heavy atom. The van der Waals surface area contributed by atoms with Crippen LogP contribution in [0.5, 0.6) is 0 Å². The first kappa shape index (κ1) is 23.5. The van der Waals surface area contributed by atoms with Crippen molar-refractivity contribution in [2.75, 3.05) is 6.54 Å². The second-order valence-electron chi connectivity index (χ2n) is 7.45. The van der Waals surface area contributed by atoms with Crippen LogP contribution in [0.2, 0.25) is 0 Å². The van der Waals surface area contributed by atoms with Crippen LogP contribution in [0.3, 0.4) is 0 Å². The van der Waals surface area contributed by atoms with Gasteiger partial charge in [-0.2, -0.15) is 0 Å². The van der Waals surface area contributed by atoms with E-state index in [1.165, 1.54) is 12.3 Å². The standard InChI is InChI=1S/C22H22NO.C5H5.Fe/c24-22(17-9-3-1-4-10-17,18-11-5-2-6-12-18)20-14-7-13-19(20)21-15-8-16-23-21;1-2-4-5-3-1;/h1-7,9-14,21,23-24H,8,15-16H2;1-5H;/q;;+2/t21-;;/m1../s1. The first-order valence-corrected chi connectivity index (χ1v) is 10.3. The van der Waals surface area contributed by atoms with Crippen molar-refractivity contribution in [3.63, 3.8) is 0 Å². The maximum atomic E-state index is 11.9. The molecule has 1 heterocycles. The molecule has 2 saturated carbocycles. The number of hydrogen-bond acceptors (Lipinski definition) is 2. The van der Waals surface area contributed by atoms with Gasteiger partial charge in [0.05, 0.1) is 0 Å². The Bertz CT molecular complexity index is 678. The molecule has 3 fully saturated rings. The molecule has 5 rings (SSSR count). The average Bonchev–Trinajstić information content (AvgIpc) is 3.57. The molecule has 2 aliphatic carbocycles. The Kier molecular flexibility index (Phi) is 9.01. The molecule has 30 heavy (non-hydrogen) atoms. The van der Waals surface area contributed by atoms with Crippen LogP contribution in [-0.2, 0) is 22.7 Å². The molecule has 0 unspecified atom stereocenters. The number of rotatable bonds is 4. The molecule has 1 saturated heterocycles. The SMILES string of the molecule is OC([C]1[CH][CH][CH][C]1[C@H]1CCCN1)(c1ccccc1)c1ccccc1.[CH]1[CH][CH][CH][CH]1.[Fe+2]. The Hall–Kier alpha value is -1.12. The van der Waals surface area contributed by atoms with Crippen LogP contribution >= 0.6 is 0 Å². The molecule has 1 atom stereocenters. The molecule has 3 aliphatic rings. The fraction of sp³-hybridized carbons (Fsp3) is 0.185. The smallest absolute Gasteiger partial charge is 0.380 e. The molecular formula is C27H27FeNO+2. The van der Waals surface area contributed by atoms with Crippen molar-refractivity contribution in [2.24, 2.45) is 0 Å². The van der Waals surface area contributed by atoms with Gasteiger partial charge in [0, 0.05) is 17.9 Å². The van der Waals surface area contributed by atoms with Crippen molar-refractivity contribution in [3.05, 3.63) is 135 Å². The molecule has 2 N–H and O–H groups in total. The molecule has 3 heteroatoms. The number of hydrogen-bond donors (Lipinski definition) is 2. The monoisotopic (exact) mass is 437 g/mol. The molecule has 0 amide bonds. The predicted octanol–water partition coefficient (Wildman–Crippen LogP) is 4.47. The third kappa shape index (κ3) is 5.19. The van der Waals surface area contributed by atoms with Crippen molar-refractivity contribution in [1.29, 1.82) is 0 Å². The van der Waals surface area contributed by atoms with Crippen LogP contribution in [0.25, 0.3) is 0 Å². The van der Waals surface area contributed by atoms with E-state index in [1.807, 2.05) is 92.8 Å². The van der Waals surface area contributed by atoms with Gasteiger partial charge in [-0.3, -0.25) is 0 Å². The van der Waals surface area contributed by atoms with Gasteiger partial charge in [0.1, 0.15) is 5.60 Å². The second-order valence-corrected chi connectivity index (χ2v) is 7.45. The first-order chi connectivity index (χ1) is 14.3. The van der Waals surface area contributed by atoms with Crippen molar-refractivity contribution in [3.8, 4) is 0 Å². The van der Waals surface area contributed by atoms with Gasteiger partial charge in [-0.15, -0.1) is 0 Å². The summed E-state index contributed by atoms with van der Waals surface area (Å²) < 4.78 is 0. The zero-order valence-corrected chi connectivity index (χ0v) is 18.0. The predicted molar refractivity (Wildman–Crippen MR) is 118 cm³/mol. The van der Waals surface area contributed by atoms with Gasteiger partial charge in [0.2, 0.25) is 0 Å². The van der Waals surface area contributed by atoms with Gasteiger partial charge in [-0.25, -0.2) is 0 Å². The maximum absolute atomic E-state index is 11.9. The molecule has 10 radical (unpaired) electrons. The molecule has 0 bridgehead atoms. The summed E-state index contributed by atoms with van der Waals surface area (Å²) >= 11 is 0. The Balaban J connectivity index is 0.000000376. The Labute approximate surface area is 193 Å². The fourth-order valence-corrected chi connectivity index (χ4v) is 4.17. The van der Waals surface area contributed by atoms with Crippen LogP contribution in [0, 0.1) is 63.2 Å². The topological polar surface area (TPSA) is 32.3 Å². The fourth-order valence-electron chi connectivity index (χ4n) is 4.17. The minimum atomic E-state index is -1.13. The van der Waals surface area contributed by atoms with E-state index in [0.717, 1.165) is 30.0 Å². The van der Waals surface area contributed by atoms with Crippen molar-refractivity contribution in [1.82, 2.24) is 5.32 Å². The molecule has 2 aromatic rings. The minimum absolute atomic E-state index is 0. The minimum Gasteiger partial charge on any atom is -0.380 e. The maximum Gasteiger partial charge on any atom is 2.00 e. The van der Waals surface area contributed by atoms with Crippen molar-refractivity contribution in [2.45, 2.75) is 24.5 Å². The van der Waals surface area contributed by atoms with Crippen LogP contribution in [-0.4, -0.2) is 17.7 Å². The molecule has 152 valence electrons. The van der Waals surface area contributed by atoms with Gasteiger partial charge in [-0.05, 0) is 81.9 Å². The van der Waals surface area contributed by atoms with E-state index in [-0.39, 0.29) is 17.1 Å². The summed E-state index contributed by atoms with van der Waals surface area (Å²) in [6.07, 6.45) is 18.6. The third-order valence-electron chi connectivity index (χ3n) is 5.61. The molecule has 0 aromatic heterocycles. The summed E-state index contributed by atoms with van der Waals surface area (Å²) in [6, 6.07) is 20.3. The summed E-state index contributed by atoms with van der Waals surface area (Å²) in [6.45, 7) is 1.05. The second kappa shape index (κ2) is 11.5. The summed E-state index contributed by atoms with van der Waals surface area (Å²) in [7, 11) is 0. The summed E-state index contributed by atoms with van der Waals surface area (Å²) in [5, 5.41) is 15.5. The van der Waals surface area contributed by atoms with E-state index in [2.05, 4.69) is 24.6 Å². The average molecular weight is 437 g/mol.